The van der Waals surface area contributed by atoms with Crippen LogP contribution in [0.25, 0.3) is 5.52 Å². The summed E-state index contributed by atoms with van der Waals surface area (Å²) in [5, 5.41) is 18.6. The SMILES string of the molecule is CCCNC(=O)c1cn2ncnc(N(C(=O)OCOC(=O)/C=C/C(=O)O)c3cc(C(=O)NC4CC4)ccc3C)c2c1C. The second-order valence-corrected chi connectivity index (χ2v) is 9.55. The zero-order valence-corrected chi connectivity index (χ0v) is 23.2. The molecule has 0 aliphatic heterocycles. The van der Waals surface area contributed by atoms with Crippen molar-refractivity contribution in [3.05, 3.63) is 65.1 Å². The summed E-state index contributed by atoms with van der Waals surface area (Å²) in [5.74, 6) is -2.98. The molecule has 14 nitrogen and oxygen atoms in total. The Labute approximate surface area is 240 Å². The number of carbonyl (C=O) groups is 5. The lowest BCUT2D eigenvalue weighted by Crippen LogP contribution is -2.31. The maximum absolute atomic E-state index is 13.6. The molecule has 1 aliphatic rings. The number of amides is 3. The topological polar surface area (TPSA) is 182 Å². The van der Waals surface area contributed by atoms with Crippen LogP contribution in [0.4, 0.5) is 16.3 Å². The van der Waals surface area contributed by atoms with Crippen molar-refractivity contribution in [1.29, 1.82) is 0 Å². The first-order chi connectivity index (χ1) is 20.1. The number of hydrogen-bond acceptors (Lipinski definition) is 9. The van der Waals surface area contributed by atoms with E-state index in [0.29, 0.717) is 46.5 Å². The third-order valence-electron chi connectivity index (χ3n) is 6.35. The Morgan fingerprint density at radius 2 is 1.88 bits per heavy atom. The molecule has 0 spiro atoms. The van der Waals surface area contributed by atoms with Crippen LogP contribution in [-0.4, -0.2) is 68.9 Å². The number of aliphatic carboxylic acids is 1. The van der Waals surface area contributed by atoms with Gasteiger partial charge in [-0.15, -0.1) is 0 Å². The molecule has 2 aromatic heterocycles. The van der Waals surface area contributed by atoms with Crippen molar-refractivity contribution in [2.24, 2.45) is 0 Å². The normalized spacial score (nSPS) is 12.6. The average Bonchev–Trinajstić information content (AvgIpc) is 3.71. The van der Waals surface area contributed by atoms with E-state index in [1.54, 1.807) is 26.0 Å². The van der Waals surface area contributed by atoms with Crippen LogP contribution in [0, 0.1) is 13.8 Å². The smallest absolute Gasteiger partial charge is 0.423 e. The summed E-state index contributed by atoms with van der Waals surface area (Å²) in [7, 11) is 0. The molecule has 1 fully saturated rings. The van der Waals surface area contributed by atoms with Crippen molar-refractivity contribution >= 4 is 46.9 Å². The molecule has 2 heterocycles. The van der Waals surface area contributed by atoms with Gasteiger partial charge in [-0.3, -0.25) is 9.59 Å². The highest BCUT2D eigenvalue weighted by atomic mass is 16.7. The lowest BCUT2D eigenvalue weighted by molar-refractivity contribution is -0.146. The zero-order chi connectivity index (χ0) is 30.4. The number of carboxylic acids is 1. The molecule has 1 aromatic carbocycles. The second-order valence-electron chi connectivity index (χ2n) is 9.55. The molecule has 0 radical (unpaired) electrons. The third-order valence-corrected chi connectivity index (χ3v) is 6.35. The van der Waals surface area contributed by atoms with Gasteiger partial charge in [0.15, 0.2) is 5.82 Å². The minimum absolute atomic E-state index is 0.0435. The molecule has 14 heteroatoms. The quantitative estimate of drug-likeness (QED) is 0.174. The van der Waals surface area contributed by atoms with Gasteiger partial charge in [0.25, 0.3) is 11.8 Å². The van der Waals surface area contributed by atoms with E-state index in [4.69, 9.17) is 14.6 Å². The van der Waals surface area contributed by atoms with Gasteiger partial charge in [-0.1, -0.05) is 13.0 Å². The van der Waals surface area contributed by atoms with Crippen molar-refractivity contribution in [1.82, 2.24) is 25.2 Å². The van der Waals surface area contributed by atoms with Crippen LogP contribution in [-0.2, 0) is 19.1 Å². The standard InChI is InChI=1S/C28H30N6O8/c1-4-11-29-27(39)20-13-33-24(17(20)3)25(30-14-31-33)34(28(40)42-15-41-23(37)10-9-22(35)36)21-12-18(6-5-16(21)2)26(38)32-19-7-8-19/h5-6,9-10,12-14,19H,4,7-8,11,15H2,1-3H3,(H,29,39)(H,32,38)(H,35,36)/b10-9+. The van der Waals surface area contributed by atoms with E-state index in [2.05, 4.69) is 20.7 Å². The number of esters is 1. The Balaban J connectivity index is 1.75. The highest BCUT2D eigenvalue weighted by molar-refractivity contribution is 6.05. The Morgan fingerprint density at radius 1 is 1.12 bits per heavy atom. The van der Waals surface area contributed by atoms with Crippen molar-refractivity contribution in [3.8, 4) is 0 Å². The molecule has 1 aliphatic carbocycles. The molecular weight excluding hydrogens is 548 g/mol. The van der Waals surface area contributed by atoms with Crippen molar-refractivity contribution < 1.29 is 38.6 Å². The van der Waals surface area contributed by atoms with E-state index in [1.807, 2.05) is 6.92 Å². The predicted molar refractivity (Wildman–Crippen MR) is 148 cm³/mol. The molecule has 3 aromatic rings. The van der Waals surface area contributed by atoms with E-state index in [0.717, 1.165) is 24.2 Å². The number of carboxylic acid groups (broad SMARTS) is 1. The fraction of sp³-hybridized carbons (Fsp3) is 0.321. The molecule has 0 bridgehead atoms. The number of hydrogen-bond donors (Lipinski definition) is 3. The van der Waals surface area contributed by atoms with E-state index in [1.165, 1.54) is 23.1 Å². The first-order valence-electron chi connectivity index (χ1n) is 13.2. The number of nitrogens with zero attached hydrogens (tertiary/aromatic N) is 4. The monoisotopic (exact) mass is 578 g/mol. The van der Waals surface area contributed by atoms with Crippen LogP contribution < -0.4 is 15.5 Å². The maximum atomic E-state index is 13.6. The van der Waals surface area contributed by atoms with Gasteiger partial charge in [-0.05, 0) is 56.4 Å². The Hall–Kier alpha value is -5.27. The Kier molecular flexibility index (Phi) is 9.15. The molecule has 0 unspecified atom stereocenters. The molecule has 1 saturated carbocycles. The fourth-order valence-electron chi connectivity index (χ4n) is 4.04. The number of fused-ring (bicyclic) bond motifs is 1. The summed E-state index contributed by atoms with van der Waals surface area (Å²) in [4.78, 5) is 67.1. The number of anilines is 2. The number of rotatable bonds is 11. The number of aryl methyl sites for hydroxylation is 2. The predicted octanol–water partition coefficient (Wildman–Crippen LogP) is 2.79. The molecular formula is C28H30N6O8. The summed E-state index contributed by atoms with van der Waals surface area (Å²) in [5.41, 5.74) is 2.26. The van der Waals surface area contributed by atoms with Gasteiger partial charge < -0.3 is 25.2 Å². The Morgan fingerprint density at radius 3 is 2.57 bits per heavy atom. The summed E-state index contributed by atoms with van der Waals surface area (Å²) in [6.45, 7) is 4.97. The van der Waals surface area contributed by atoms with Gasteiger partial charge in [0, 0.05) is 36.5 Å². The van der Waals surface area contributed by atoms with E-state index in [9.17, 15) is 24.0 Å². The average molecular weight is 579 g/mol. The molecule has 42 heavy (non-hydrogen) atoms. The van der Waals surface area contributed by atoms with Crippen molar-refractivity contribution in [2.45, 2.75) is 46.1 Å². The lowest BCUT2D eigenvalue weighted by Gasteiger charge is -2.24. The second kappa shape index (κ2) is 12.9. The van der Waals surface area contributed by atoms with Crippen LogP contribution in [0.1, 0.15) is 58.0 Å². The van der Waals surface area contributed by atoms with Gasteiger partial charge in [0.05, 0.1) is 11.3 Å². The molecule has 3 amide bonds. The first-order valence-corrected chi connectivity index (χ1v) is 13.2. The molecule has 4 rings (SSSR count). The molecule has 0 saturated heterocycles. The van der Waals surface area contributed by atoms with E-state index in [-0.39, 0.29) is 29.4 Å². The summed E-state index contributed by atoms with van der Waals surface area (Å²) < 4.78 is 11.4. The number of nitrogens with one attached hydrogen (secondary N) is 2. The first kappa shape index (κ1) is 29.7. The van der Waals surface area contributed by atoms with Crippen LogP contribution in [0.3, 0.4) is 0 Å². The molecule has 0 atom stereocenters. The third kappa shape index (κ3) is 6.89. The van der Waals surface area contributed by atoms with Gasteiger partial charge >= 0.3 is 18.0 Å². The van der Waals surface area contributed by atoms with Gasteiger partial charge in [0.1, 0.15) is 11.8 Å². The minimum atomic E-state index is -1.35. The number of benzene rings is 1. The summed E-state index contributed by atoms with van der Waals surface area (Å²) in [6.07, 6.45) is 5.48. The Bertz CT molecular complexity index is 1580. The van der Waals surface area contributed by atoms with Crippen LogP contribution >= 0.6 is 0 Å². The highest BCUT2D eigenvalue weighted by Gasteiger charge is 2.30. The van der Waals surface area contributed by atoms with Gasteiger partial charge in [-0.25, -0.2) is 28.8 Å². The van der Waals surface area contributed by atoms with Crippen molar-refractivity contribution in [3.63, 3.8) is 0 Å². The fourth-order valence-corrected chi connectivity index (χ4v) is 4.04. The number of ether oxygens (including phenoxy) is 2. The van der Waals surface area contributed by atoms with E-state index >= 15 is 0 Å². The largest absolute Gasteiger partial charge is 0.478 e. The maximum Gasteiger partial charge on any atom is 0.423 e. The van der Waals surface area contributed by atoms with Gasteiger partial charge in [0.2, 0.25) is 6.79 Å². The van der Waals surface area contributed by atoms with Crippen LogP contribution in [0.2, 0.25) is 0 Å². The minimum Gasteiger partial charge on any atom is -0.478 e. The van der Waals surface area contributed by atoms with Gasteiger partial charge in [-0.2, -0.15) is 5.10 Å². The number of carbonyl (C=O) groups excluding carboxylic acids is 4. The number of aromatic nitrogens is 3. The zero-order valence-electron chi connectivity index (χ0n) is 23.2. The molecule has 3 N–H and O–H groups in total. The lowest BCUT2D eigenvalue weighted by atomic mass is 10.1. The van der Waals surface area contributed by atoms with Crippen LogP contribution in [0.5, 0.6) is 0 Å². The van der Waals surface area contributed by atoms with E-state index < -0.39 is 24.8 Å². The summed E-state index contributed by atoms with van der Waals surface area (Å²) >= 11 is 0. The molecule has 220 valence electrons. The van der Waals surface area contributed by atoms with Crippen molar-refractivity contribution in [2.75, 3.05) is 18.2 Å². The van der Waals surface area contributed by atoms with Crippen LogP contribution in [0.15, 0.2) is 42.9 Å². The highest BCUT2D eigenvalue weighted by Crippen LogP contribution is 2.34. The summed E-state index contributed by atoms with van der Waals surface area (Å²) in [6, 6.07) is 4.92.